The lowest BCUT2D eigenvalue weighted by molar-refractivity contribution is -0.144. The highest BCUT2D eigenvalue weighted by Gasteiger charge is 2.38. The molecule has 0 bridgehead atoms. The molecule has 2 rings (SSSR count). The SMILES string of the molecule is O=C(O)C1CCN(c2ccccc2O)C1=O. The summed E-state index contributed by atoms with van der Waals surface area (Å²) in [5.41, 5.74) is 0.372. The van der Waals surface area contributed by atoms with Crippen LogP contribution in [0.1, 0.15) is 6.42 Å². The Balaban J connectivity index is 2.29. The van der Waals surface area contributed by atoms with Crippen LogP contribution in [0.5, 0.6) is 5.75 Å². The van der Waals surface area contributed by atoms with E-state index in [4.69, 9.17) is 5.11 Å². The number of nitrogens with zero attached hydrogens (tertiary/aromatic N) is 1. The zero-order chi connectivity index (χ0) is 11.7. The van der Waals surface area contributed by atoms with Crippen molar-refractivity contribution in [2.75, 3.05) is 11.4 Å². The highest BCUT2D eigenvalue weighted by atomic mass is 16.4. The molecule has 0 aromatic heterocycles. The molecule has 1 unspecified atom stereocenters. The first-order chi connectivity index (χ1) is 7.61. The first-order valence-electron chi connectivity index (χ1n) is 4.93. The monoisotopic (exact) mass is 221 g/mol. The molecular weight excluding hydrogens is 210 g/mol. The zero-order valence-corrected chi connectivity index (χ0v) is 8.46. The Morgan fingerprint density at radius 3 is 2.62 bits per heavy atom. The summed E-state index contributed by atoms with van der Waals surface area (Å²) in [6, 6.07) is 6.40. The lowest BCUT2D eigenvalue weighted by Gasteiger charge is -2.17. The van der Waals surface area contributed by atoms with Crippen LogP contribution < -0.4 is 4.90 Å². The van der Waals surface area contributed by atoms with Crippen LogP contribution in [0.3, 0.4) is 0 Å². The summed E-state index contributed by atoms with van der Waals surface area (Å²) in [5.74, 6) is -2.57. The number of hydrogen-bond donors (Lipinski definition) is 2. The first-order valence-corrected chi connectivity index (χ1v) is 4.93. The lowest BCUT2D eigenvalue weighted by atomic mass is 10.1. The maximum Gasteiger partial charge on any atom is 0.316 e. The number of benzene rings is 1. The Kier molecular flexibility index (Phi) is 2.52. The molecule has 1 atom stereocenters. The summed E-state index contributed by atoms with van der Waals surface area (Å²) in [4.78, 5) is 23.8. The van der Waals surface area contributed by atoms with Gasteiger partial charge in [0, 0.05) is 6.54 Å². The van der Waals surface area contributed by atoms with Gasteiger partial charge in [-0.25, -0.2) is 0 Å². The third-order valence-electron chi connectivity index (χ3n) is 2.68. The van der Waals surface area contributed by atoms with Crippen molar-refractivity contribution in [1.82, 2.24) is 0 Å². The van der Waals surface area contributed by atoms with Gasteiger partial charge < -0.3 is 15.1 Å². The van der Waals surface area contributed by atoms with Gasteiger partial charge in [0.25, 0.3) is 0 Å². The van der Waals surface area contributed by atoms with Gasteiger partial charge in [-0.05, 0) is 18.6 Å². The molecule has 1 aliphatic rings. The second kappa shape index (κ2) is 3.84. The topological polar surface area (TPSA) is 77.8 Å². The normalized spacial score (nSPS) is 20.1. The van der Waals surface area contributed by atoms with Gasteiger partial charge in [0.2, 0.25) is 5.91 Å². The number of phenols is 1. The average Bonchev–Trinajstić information content (AvgIpc) is 2.61. The number of anilines is 1. The van der Waals surface area contributed by atoms with Gasteiger partial charge in [-0.2, -0.15) is 0 Å². The van der Waals surface area contributed by atoms with Crippen LogP contribution in [-0.2, 0) is 9.59 Å². The number of carbonyl (C=O) groups excluding carboxylic acids is 1. The third kappa shape index (κ3) is 1.60. The van der Waals surface area contributed by atoms with E-state index < -0.39 is 17.8 Å². The van der Waals surface area contributed by atoms with Crippen molar-refractivity contribution >= 4 is 17.6 Å². The highest BCUT2D eigenvalue weighted by molar-refractivity contribution is 6.08. The Labute approximate surface area is 91.9 Å². The second-order valence-electron chi connectivity index (χ2n) is 3.66. The standard InChI is InChI=1S/C11H11NO4/c13-9-4-2-1-3-8(9)12-6-5-7(10(12)14)11(15)16/h1-4,7,13H,5-6H2,(H,15,16). The molecule has 0 saturated carbocycles. The minimum atomic E-state index is -1.11. The number of phenolic OH excluding ortho intramolecular Hbond substituents is 1. The van der Waals surface area contributed by atoms with Crippen LogP contribution >= 0.6 is 0 Å². The first kappa shape index (κ1) is 10.5. The van der Waals surface area contributed by atoms with E-state index in [-0.39, 0.29) is 12.2 Å². The maximum atomic E-state index is 11.7. The Morgan fingerprint density at radius 2 is 2.06 bits per heavy atom. The van der Waals surface area contributed by atoms with Crippen LogP contribution in [0, 0.1) is 5.92 Å². The van der Waals surface area contributed by atoms with E-state index >= 15 is 0 Å². The Bertz CT molecular complexity index is 443. The van der Waals surface area contributed by atoms with Crippen LogP contribution in [0.2, 0.25) is 0 Å². The molecule has 1 aromatic carbocycles. The molecular formula is C11H11NO4. The fourth-order valence-corrected chi connectivity index (χ4v) is 1.84. The van der Waals surface area contributed by atoms with Crippen LogP contribution in [0.4, 0.5) is 5.69 Å². The third-order valence-corrected chi connectivity index (χ3v) is 2.68. The molecule has 5 nitrogen and oxygen atoms in total. The van der Waals surface area contributed by atoms with Crippen molar-refractivity contribution in [2.24, 2.45) is 5.92 Å². The van der Waals surface area contributed by atoms with Gasteiger partial charge in [-0.3, -0.25) is 9.59 Å². The van der Waals surface area contributed by atoms with E-state index in [9.17, 15) is 14.7 Å². The fourth-order valence-electron chi connectivity index (χ4n) is 1.84. The van der Waals surface area contributed by atoms with Crippen molar-refractivity contribution in [3.63, 3.8) is 0 Å². The number of carboxylic acid groups (broad SMARTS) is 1. The molecule has 1 amide bonds. The molecule has 1 heterocycles. The fraction of sp³-hybridized carbons (Fsp3) is 0.273. The van der Waals surface area contributed by atoms with E-state index in [2.05, 4.69) is 0 Å². The smallest absolute Gasteiger partial charge is 0.316 e. The molecule has 1 aromatic rings. The van der Waals surface area contributed by atoms with Gasteiger partial charge in [0.1, 0.15) is 11.7 Å². The quantitative estimate of drug-likeness (QED) is 0.725. The molecule has 0 radical (unpaired) electrons. The van der Waals surface area contributed by atoms with E-state index in [1.807, 2.05) is 0 Å². The minimum Gasteiger partial charge on any atom is -0.506 e. The second-order valence-corrected chi connectivity index (χ2v) is 3.66. The molecule has 0 spiro atoms. The van der Waals surface area contributed by atoms with E-state index in [0.717, 1.165) is 0 Å². The lowest BCUT2D eigenvalue weighted by Crippen LogP contribution is -2.30. The molecule has 5 heteroatoms. The number of aromatic hydroxyl groups is 1. The summed E-state index contributed by atoms with van der Waals surface area (Å²) in [7, 11) is 0. The number of carboxylic acids is 1. The number of amides is 1. The summed E-state index contributed by atoms with van der Waals surface area (Å²) in [5, 5.41) is 18.4. The van der Waals surface area contributed by atoms with Crippen LogP contribution in [0.25, 0.3) is 0 Å². The summed E-state index contributed by atoms with van der Waals surface area (Å²) >= 11 is 0. The Hall–Kier alpha value is -2.04. The van der Waals surface area contributed by atoms with E-state index in [1.165, 1.54) is 11.0 Å². The predicted octanol–water partition coefficient (Wildman–Crippen LogP) is 0.830. The van der Waals surface area contributed by atoms with Crippen molar-refractivity contribution in [2.45, 2.75) is 6.42 Å². The van der Waals surface area contributed by atoms with Crippen LogP contribution in [-0.4, -0.2) is 28.6 Å². The van der Waals surface area contributed by atoms with Crippen molar-refractivity contribution < 1.29 is 19.8 Å². The van der Waals surface area contributed by atoms with Gasteiger partial charge >= 0.3 is 5.97 Å². The predicted molar refractivity (Wildman–Crippen MR) is 56.2 cm³/mol. The molecule has 1 fully saturated rings. The molecule has 2 N–H and O–H groups in total. The Morgan fingerprint density at radius 1 is 1.38 bits per heavy atom. The summed E-state index contributed by atoms with van der Waals surface area (Å²) < 4.78 is 0. The van der Waals surface area contributed by atoms with Crippen molar-refractivity contribution in [1.29, 1.82) is 0 Å². The molecule has 1 saturated heterocycles. The van der Waals surface area contributed by atoms with Crippen LogP contribution in [0.15, 0.2) is 24.3 Å². The van der Waals surface area contributed by atoms with E-state index in [0.29, 0.717) is 12.2 Å². The zero-order valence-electron chi connectivity index (χ0n) is 8.46. The minimum absolute atomic E-state index is 0.0121. The van der Waals surface area contributed by atoms with Gasteiger partial charge in [-0.1, -0.05) is 12.1 Å². The maximum absolute atomic E-state index is 11.7. The average molecular weight is 221 g/mol. The van der Waals surface area contributed by atoms with Gasteiger partial charge in [0.15, 0.2) is 0 Å². The summed E-state index contributed by atoms with van der Waals surface area (Å²) in [6.07, 6.45) is 0.280. The van der Waals surface area contributed by atoms with Crippen molar-refractivity contribution in [3.8, 4) is 5.75 Å². The summed E-state index contributed by atoms with van der Waals surface area (Å²) in [6.45, 7) is 0.327. The molecule has 1 aliphatic heterocycles. The molecule has 84 valence electrons. The number of rotatable bonds is 2. The highest BCUT2D eigenvalue weighted by Crippen LogP contribution is 2.31. The molecule has 16 heavy (non-hydrogen) atoms. The largest absolute Gasteiger partial charge is 0.506 e. The van der Waals surface area contributed by atoms with E-state index in [1.54, 1.807) is 18.2 Å². The number of para-hydroxylation sites is 2. The number of carbonyl (C=O) groups is 2. The van der Waals surface area contributed by atoms with Gasteiger partial charge in [-0.15, -0.1) is 0 Å². The van der Waals surface area contributed by atoms with Gasteiger partial charge in [0.05, 0.1) is 5.69 Å². The molecule has 0 aliphatic carbocycles. The van der Waals surface area contributed by atoms with Crippen molar-refractivity contribution in [3.05, 3.63) is 24.3 Å². The number of hydrogen-bond acceptors (Lipinski definition) is 3. The number of aliphatic carboxylic acids is 1.